The highest BCUT2D eigenvalue weighted by molar-refractivity contribution is 7.17. The molecule has 1 aliphatic rings. The molecule has 0 bridgehead atoms. The van der Waals surface area contributed by atoms with E-state index in [-0.39, 0.29) is 6.10 Å². The number of fused-ring (bicyclic) bond motifs is 1. The lowest BCUT2D eigenvalue weighted by Crippen LogP contribution is -2.47. The van der Waals surface area contributed by atoms with Crippen molar-refractivity contribution in [2.24, 2.45) is 0 Å². The van der Waals surface area contributed by atoms with Crippen LogP contribution in [0.25, 0.3) is 10.1 Å². The topological polar surface area (TPSA) is 26.7 Å². The molecule has 0 spiro atoms. The minimum Gasteiger partial charge on any atom is -0.388 e. The van der Waals surface area contributed by atoms with Gasteiger partial charge >= 0.3 is 0 Å². The third kappa shape index (κ3) is 4.47. The summed E-state index contributed by atoms with van der Waals surface area (Å²) in [5.41, 5.74) is 2.50. The first-order valence-electron chi connectivity index (χ1n) is 10.4. The molecule has 1 aliphatic heterocycles. The fourth-order valence-corrected chi connectivity index (χ4v) is 5.24. The molecule has 1 N–H and O–H groups in total. The molecular weight excluding hydrogens is 364 g/mol. The van der Waals surface area contributed by atoms with E-state index < -0.39 is 0 Å². The Kier molecular flexibility index (Phi) is 6.43. The summed E-state index contributed by atoms with van der Waals surface area (Å²) < 4.78 is 1.26. The molecule has 0 amide bonds. The summed E-state index contributed by atoms with van der Waals surface area (Å²) >= 11 is 1.73. The van der Waals surface area contributed by atoms with Gasteiger partial charge in [-0.05, 0) is 54.3 Å². The van der Waals surface area contributed by atoms with Crippen LogP contribution in [0, 0.1) is 0 Å². The molecule has 3 aromatic rings. The number of hydrogen-bond donors (Lipinski definition) is 1. The van der Waals surface area contributed by atoms with Crippen LogP contribution in [-0.4, -0.2) is 47.6 Å². The van der Waals surface area contributed by atoms with Gasteiger partial charge in [-0.3, -0.25) is 4.90 Å². The van der Waals surface area contributed by atoms with Crippen LogP contribution in [-0.2, 0) is 0 Å². The molecule has 1 fully saturated rings. The number of aliphatic hydroxyl groups excluding tert-OH is 1. The highest BCUT2D eigenvalue weighted by Crippen LogP contribution is 2.32. The molecule has 0 saturated carbocycles. The fraction of sp³-hybridized carbons (Fsp3) is 0.417. The Balaban J connectivity index is 1.22. The summed E-state index contributed by atoms with van der Waals surface area (Å²) in [7, 11) is 0. The Morgan fingerprint density at radius 1 is 0.964 bits per heavy atom. The summed E-state index contributed by atoms with van der Waals surface area (Å²) in [4.78, 5) is 5.13. The summed E-state index contributed by atoms with van der Waals surface area (Å²) in [6, 6.07) is 19.7. The molecule has 2 aromatic carbocycles. The molecule has 1 aromatic heterocycles. The quantitative estimate of drug-likeness (QED) is 0.604. The SMILES string of the molecule is CC(c1ccccc1)N1CCN(CCCC(O)c2csc3ccccc23)CC1. The van der Waals surface area contributed by atoms with E-state index in [1.54, 1.807) is 11.3 Å². The van der Waals surface area contributed by atoms with E-state index in [2.05, 4.69) is 76.7 Å². The van der Waals surface area contributed by atoms with Gasteiger partial charge in [0.1, 0.15) is 0 Å². The number of benzene rings is 2. The van der Waals surface area contributed by atoms with Crippen molar-refractivity contribution in [2.45, 2.75) is 31.9 Å². The van der Waals surface area contributed by atoms with Crippen LogP contribution in [0.15, 0.2) is 60.0 Å². The molecule has 28 heavy (non-hydrogen) atoms. The second-order valence-corrected chi connectivity index (χ2v) is 8.72. The van der Waals surface area contributed by atoms with E-state index in [1.807, 2.05) is 0 Å². The molecule has 2 heterocycles. The maximum Gasteiger partial charge on any atom is 0.0804 e. The first-order valence-corrected chi connectivity index (χ1v) is 11.3. The van der Waals surface area contributed by atoms with Crippen LogP contribution < -0.4 is 0 Å². The average Bonchev–Trinajstić information content (AvgIpc) is 3.19. The minimum atomic E-state index is -0.351. The second kappa shape index (κ2) is 9.19. The van der Waals surface area contributed by atoms with Gasteiger partial charge in [-0.15, -0.1) is 11.3 Å². The van der Waals surface area contributed by atoms with E-state index in [0.717, 1.165) is 51.1 Å². The molecule has 4 rings (SSSR count). The zero-order valence-electron chi connectivity index (χ0n) is 16.6. The van der Waals surface area contributed by atoms with Crippen LogP contribution in [0.2, 0.25) is 0 Å². The van der Waals surface area contributed by atoms with Crippen LogP contribution >= 0.6 is 11.3 Å². The van der Waals surface area contributed by atoms with Crippen molar-refractivity contribution in [1.82, 2.24) is 9.80 Å². The van der Waals surface area contributed by atoms with Crippen molar-refractivity contribution in [1.29, 1.82) is 0 Å². The second-order valence-electron chi connectivity index (χ2n) is 7.81. The summed E-state index contributed by atoms with van der Waals surface area (Å²) in [5, 5.41) is 14.0. The Hall–Kier alpha value is -1.72. The number of aliphatic hydroxyl groups is 1. The molecule has 0 aliphatic carbocycles. The zero-order valence-corrected chi connectivity index (χ0v) is 17.4. The van der Waals surface area contributed by atoms with Gasteiger partial charge in [0.15, 0.2) is 0 Å². The predicted octanol–water partition coefficient (Wildman–Crippen LogP) is 5.09. The highest BCUT2D eigenvalue weighted by atomic mass is 32.1. The smallest absolute Gasteiger partial charge is 0.0804 e. The molecule has 2 unspecified atom stereocenters. The lowest BCUT2D eigenvalue weighted by molar-refractivity contribution is 0.0952. The van der Waals surface area contributed by atoms with Gasteiger partial charge in [-0.2, -0.15) is 0 Å². The van der Waals surface area contributed by atoms with Gasteiger partial charge in [0.05, 0.1) is 6.10 Å². The van der Waals surface area contributed by atoms with E-state index in [0.29, 0.717) is 6.04 Å². The van der Waals surface area contributed by atoms with Crippen molar-refractivity contribution in [3.8, 4) is 0 Å². The number of nitrogens with zero attached hydrogens (tertiary/aromatic N) is 2. The van der Waals surface area contributed by atoms with Gasteiger partial charge in [0, 0.05) is 36.9 Å². The average molecular weight is 395 g/mol. The van der Waals surface area contributed by atoms with Crippen LogP contribution in [0.1, 0.15) is 43.0 Å². The standard InChI is InChI=1S/C24H30N2OS/c1-19(20-8-3-2-4-9-20)26-16-14-25(15-17-26)13-7-11-23(27)22-18-28-24-12-6-5-10-21(22)24/h2-6,8-10,12,18-19,23,27H,7,11,13-17H2,1H3. The largest absolute Gasteiger partial charge is 0.388 e. The molecule has 4 heteroatoms. The summed E-state index contributed by atoms with van der Waals surface area (Å²) in [5.74, 6) is 0. The molecule has 3 nitrogen and oxygen atoms in total. The zero-order chi connectivity index (χ0) is 19.3. The van der Waals surface area contributed by atoms with Crippen molar-refractivity contribution in [3.63, 3.8) is 0 Å². The first-order chi connectivity index (χ1) is 13.7. The van der Waals surface area contributed by atoms with Crippen molar-refractivity contribution in [2.75, 3.05) is 32.7 Å². The molecule has 148 valence electrons. The van der Waals surface area contributed by atoms with Gasteiger partial charge in [0.25, 0.3) is 0 Å². The summed E-state index contributed by atoms with van der Waals surface area (Å²) in [6.45, 7) is 7.87. The maximum atomic E-state index is 10.7. The predicted molar refractivity (Wildman–Crippen MR) is 119 cm³/mol. The lowest BCUT2D eigenvalue weighted by Gasteiger charge is -2.38. The number of thiophene rings is 1. The molecule has 2 atom stereocenters. The monoisotopic (exact) mass is 394 g/mol. The minimum absolute atomic E-state index is 0.351. The van der Waals surface area contributed by atoms with E-state index in [4.69, 9.17) is 0 Å². The van der Waals surface area contributed by atoms with Crippen molar-refractivity contribution in [3.05, 3.63) is 71.1 Å². The number of hydrogen-bond acceptors (Lipinski definition) is 4. The van der Waals surface area contributed by atoms with Crippen LogP contribution in [0.5, 0.6) is 0 Å². The third-order valence-electron chi connectivity index (χ3n) is 6.06. The fourth-order valence-electron chi connectivity index (χ4n) is 4.24. The Labute approximate surface area is 172 Å². The van der Waals surface area contributed by atoms with Gasteiger partial charge < -0.3 is 10.0 Å². The van der Waals surface area contributed by atoms with Crippen molar-refractivity contribution < 1.29 is 5.11 Å². The maximum absolute atomic E-state index is 10.7. The van der Waals surface area contributed by atoms with Gasteiger partial charge in [0.2, 0.25) is 0 Å². The lowest BCUT2D eigenvalue weighted by atomic mass is 10.0. The van der Waals surface area contributed by atoms with Crippen LogP contribution in [0.3, 0.4) is 0 Å². The summed E-state index contributed by atoms with van der Waals surface area (Å²) in [6.07, 6.45) is 1.52. The normalized spacial score (nSPS) is 18.4. The number of piperazine rings is 1. The third-order valence-corrected chi connectivity index (χ3v) is 7.04. The highest BCUT2D eigenvalue weighted by Gasteiger charge is 2.22. The molecular formula is C24H30N2OS. The van der Waals surface area contributed by atoms with Crippen molar-refractivity contribution >= 4 is 21.4 Å². The van der Waals surface area contributed by atoms with Gasteiger partial charge in [-0.1, -0.05) is 48.5 Å². The molecule has 1 saturated heterocycles. The first kappa shape index (κ1) is 19.6. The Bertz CT molecular complexity index is 870. The van der Waals surface area contributed by atoms with Gasteiger partial charge in [-0.25, -0.2) is 0 Å². The van der Waals surface area contributed by atoms with E-state index in [9.17, 15) is 5.11 Å². The Morgan fingerprint density at radius 3 is 2.46 bits per heavy atom. The Morgan fingerprint density at radius 2 is 1.68 bits per heavy atom. The van der Waals surface area contributed by atoms with Crippen LogP contribution in [0.4, 0.5) is 0 Å². The van der Waals surface area contributed by atoms with E-state index in [1.165, 1.54) is 15.6 Å². The number of rotatable bonds is 7. The van der Waals surface area contributed by atoms with E-state index >= 15 is 0 Å². The molecule has 0 radical (unpaired) electrons.